The molecule has 3 rings (SSSR count). The van der Waals surface area contributed by atoms with Gasteiger partial charge in [0, 0.05) is 13.1 Å². The average molecular weight is 467 g/mol. The normalized spacial score (nSPS) is 15.9. The smallest absolute Gasteiger partial charge is 0.308 e. The lowest BCUT2D eigenvalue weighted by Crippen LogP contribution is -2.58. The Hall–Kier alpha value is -2.89. The van der Waals surface area contributed by atoms with Crippen LogP contribution in [0.15, 0.2) is 42.5 Å². The van der Waals surface area contributed by atoms with E-state index in [1.54, 1.807) is 0 Å². The van der Waals surface area contributed by atoms with Crippen molar-refractivity contribution >= 4 is 28.6 Å². The van der Waals surface area contributed by atoms with Crippen LogP contribution in [0.4, 0.5) is 0 Å². The van der Waals surface area contributed by atoms with Gasteiger partial charge in [0.15, 0.2) is 0 Å². The second-order valence-corrected chi connectivity index (χ2v) is 9.11. The highest BCUT2D eigenvalue weighted by molar-refractivity contribution is 5.94. The Bertz CT molecular complexity index is 953. The average Bonchev–Trinajstić information content (AvgIpc) is 2.84. The van der Waals surface area contributed by atoms with Crippen molar-refractivity contribution in [3.8, 4) is 0 Å². The quantitative estimate of drug-likeness (QED) is 0.340. The van der Waals surface area contributed by atoms with Crippen LogP contribution in [0, 0.1) is 0 Å². The number of nitrogens with one attached hydrogen (secondary N) is 1. The Balaban J connectivity index is 1.48. The summed E-state index contributed by atoms with van der Waals surface area (Å²) >= 11 is 0. The van der Waals surface area contributed by atoms with Crippen LogP contribution in [0.5, 0.6) is 0 Å². The maximum Gasteiger partial charge on any atom is 0.308 e. The topological polar surface area (TPSA) is 75.7 Å². The van der Waals surface area contributed by atoms with Gasteiger partial charge in [0.2, 0.25) is 11.8 Å². The van der Waals surface area contributed by atoms with E-state index in [1.165, 1.54) is 37.0 Å². The van der Waals surface area contributed by atoms with Crippen molar-refractivity contribution in [1.82, 2.24) is 10.2 Å². The van der Waals surface area contributed by atoms with Gasteiger partial charge in [-0.3, -0.25) is 14.4 Å². The first-order valence-corrected chi connectivity index (χ1v) is 12.8. The molecule has 0 aliphatic carbocycles. The summed E-state index contributed by atoms with van der Waals surface area (Å²) in [5.74, 6) is -0.860. The van der Waals surface area contributed by atoms with E-state index in [9.17, 15) is 14.4 Å². The SMILES string of the molecule is CCCCCCCCCCOC(=O)CC1C(=O)NCCN1C(=O)Cc1cccc2ccccc12. The molecule has 1 heterocycles. The van der Waals surface area contributed by atoms with Gasteiger partial charge in [-0.05, 0) is 22.8 Å². The number of nitrogens with zero attached hydrogens (tertiary/aromatic N) is 1. The van der Waals surface area contributed by atoms with E-state index in [0.29, 0.717) is 19.7 Å². The number of hydrogen-bond donors (Lipinski definition) is 1. The molecule has 0 aromatic heterocycles. The number of carbonyl (C=O) groups excluding carboxylic acids is 3. The van der Waals surface area contributed by atoms with Gasteiger partial charge in [0.1, 0.15) is 6.04 Å². The molecule has 0 radical (unpaired) electrons. The van der Waals surface area contributed by atoms with E-state index in [-0.39, 0.29) is 24.7 Å². The van der Waals surface area contributed by atoms with Crippen molar-refractivity contribution in [2.75, 3.05) is 19.7 Å². The lowest BCUT2D eigenvalue weighted by atomic mass is 10.0. The fraction of sp³-hybridized carbons (Fsp3) is 0.536. The second-order valence-electron chi connectivity index (χ2n) is 9.11. The van der Waals surface area contributed by atoms with Crippen LogP contribution >= 0.6 is 0 Å². The van der Waals surface area contributed by atoms with Gasteiger partial charge in [0.05, 0.1) is 19.4 Å². The van der Waals surface area contributed by atoms with Crippen LogP contribution in [-0.4, -0.2) is 48.4 Å². The van der Waals surface area contributed by atoms with Crippen molar-refractivity contribution < 1.29 is 19.1 Å². The number of hydrogen-bond acceptors (Lipinski definition) is 4. The van der Waals surface area contributed by atoms with Crippen LogP contribution in [0.1, 0.15) is 70.3 Å². The molecular formula is C28H38N2O4. The number of carbonyl (C=O) groups is 3. The van der Waals surface area contributed by atoms with Crippen molar-refractivity contribution in [2.24, 2.45) is 0 Å². The minimum absolute atomic E-state index is 0.107. The molecule has 184 valence electrons. The predicted molar refractivity (Wildman–Crippen MR) is 134 cm³/mol. The molecule has 6 heteroatoms. The number of fused-ring (bicyclic) bond motifs is 1. The first kappa shape index (κ1) is 25.7. The van der Waals surface area contributed by atoms with Gasteiger partial charge < -0.3 is 15.0 Å². The molecule has 1 saturated heterocycles. The summed E-state index contributed by atoms with van der Waals surface area (Å²) in [5.41, 5.74) is 0.921. The molecule has 0 spiro atoms. The standard InChI is InChI=1S/C28H38N2O4/c1-2-3-4-5-6-7-8-11-19-34-27(32)21-25-28(33)29-17-18-30(25)26(31)20-23-15-12-14-22-13-9-10-16-24(22)23/h9-10,12-16,25H,2-8,11,17-21H2,1H3,(H,29,33). The van der Waals surface area contributed by atoms with Crippen LogP contribution < -0.4 is 5.32 Å². The van der Waals surface area contributed by atoms with Crippen LogP contribution in [-0.2, 0) is 25.5 Å². The summed E-state index contributed by atoms with van der Waals surface area (Å²) in [6.45, 7) is 3.37. The summed E-state index contributed by atoms with van der Waals surface area (Å²) in [5, 5.41) is 4.88. The third-order valence-electron chi connectivity index (χ3n) is 6.49. The number of amides is 2. The number of benzene rings is 2. The lowest BCUT2D eigenvalue weighted by molar-refractivity contribution is -0.151. The highest BCUT2D eigenvalue weighted by Gasteiger charge is 2.35. The first-order valence-electron chi connectivity index (χ1n) is 12.8. The number of esters is 1. The van der Waals surface area contributed by atoms with Crippen molar-refractivity contribution in [3.05, 3.63) is 48.0 Å². The fourth-order valence-corrected chi connectivity index (χ4v) is 4.57. The Morgan fingerprint density at radius 1 is 0.971 bits per heavy atom. The molecule has 1 unspecified atom stereocenters. The number of piperazine rings is 1. The molecule has 1 atom stereocenters. The molecule has 1 fully saturated rings. The zero-order valence-corrected chi connectivity index (χ0v) is 20.4. The summed E-state index contributed by atoms with van der Waals surface area (Å²) in [4.78, 5) is 39.7. The molecule has 0 bridgehead atoms. The van der Waals surface area contributed by atoms with Gasteiger partial charge in [-0.2, -0.15) is 0 Å². The van der Waals surface area contributed by atoms with Crippen molar-refractivity contribution in [2.45, 2.75) is 77.2 Å². The van der Waals surface area contributed by atoms with Crippen molar-refractivity contribution in [3.63, 3.8) is 0 Å². The third-order valence-corrected chi connectivity index (χ3v) is 6.49. The maximum absolute atomic E-state index is 13.2. The van der Waals surface area contributed by atoms with Gasteiger partial charge in [-0.25, -0.2) is 0 Å². The molecular weight excluding hydrogens is 428 g/mol. The van der Waals surface area contributed by atoms with E-state index in [1.807, 2.05) is 42.5 Å². The molecule has 1 aliphatic rings. The number of ether oxygens (including phenoxy) is 1. The molecule has 0 saturated carbocycles. The van der Waals surface area contributed by atoms with Gasteiger partial charge in [-0.15, -0.1) is 0 Å². The highest BCUT2D eigenvalue weighted by atomic mass is 16.5. The van der Waals surface area contributed by atoms with Crippen LogP contribution in [0.3, 0.4) is 0 Å². The number of unbranched alkanes of at least 4 members (excludes halogenated alkanes) is 7. The minimum atomic E-state index is -0.817. The second kappa shape index (κ2) is 13.7. The Morgan fingerprint density at radius 3 is 2.47 bits per heavy atom. The van der Waals surface area contributed by atoms with Gasteiger partial charge in [-0.1, -0.05) is 94.3 Å². The summed E-state index contributed by atoms with van der Waals surface area (Å²) < 4.78 is 5.39. The highest BCUT2D eigenvalue weighted by Crippen LogP contribution is 2.21. The van der Waals surface area contributed by atoms with E-state index in [4.69, 9.17) is 4.74 Å². The predicted octanol–water partition coefficient (Wildman–Crippen LogP) is 4.78. The van der Waals surface area contributed by atoms with Crippen molar-refractivity contribution in [1.29, 1.82) is 0 Å². The van der Waals surface area contributed by atoms with Crippen LogP contribution in [0.2, 0.25) is 0 Å². The Labute approximate surface area is 203 Å². The lowest BCUT2D eigenvalue weighted by Gasteiger charge is -2.34. The molecule has 2 aromatic rings. The largest absolute Gasteiger partial charge is 0.466 e. The van der Waals surface area contributed by atoms with E-state index < -0.39 is 12.0 Å². The van der Waals surface area contributed by atoms with Gasteiger partial charge >= 0.3 is 5.97 Å². The fourth-order valence-electron chi connectivity index (χ4n) is 4.57. The van der Waals surface area contributed by atoms with E-state index >= 15 is 0 Å². The van der Waals surface area contributed by atoms with Gasteiger partial charge in [0.25, 0.3) is 0 Å². The molecule has 1 N–H and O–H groups in total. The summed E-state index contributed by atoms with van der Waals surface area (Å²) in [6.07, 6.45) is 9.46. The zero-order chi connectivity index (χ0) is 24.2. The monoisotopic (exact) mass is 466 g/mol. The number of rotatable bonds is 13. The molecule has 34 heavy (non-hydrogen) atoms. The zero-order valence-electron chi connectivity index (χ0n) is 20.4. The Kier molecular flexibility index (Phi) is 10.4. The molecule has 2 aromatic carbocycles. The molecule has 2 amide bonds. The Morgan fingerprint density at radius 2 is 1.68 bits per heavy atom. The first-order chi connectivity index (χ1) is 16.6. The summed E-state index contributed by atoms with van der Waals surface area (Å²) in [6, 6.07) is 13.0. The molecule has 6 nitrogen and oxygen atoms in total. The van der Waals surface area contributed by atoms with E-state index in [2.05, 4.69) is 12.2 Å². The summed E-state index contributed by atoms with van der Waals surface area (Å²) in [7, 11) is 0. The molecule has 1 aliphatic heterocycles. The third kappa shape index (κ3) is 7.57. The van der Waals surface area contributed by atoms with E-state index in [0.717, 1.165) is 35.6 Å². The van der Waals surface area contributed by atoms with Crippen LogP contribution in [0.25, 0.3) is 10.8 Å². The minimum Gasteiger partial charge on any atom is -0.466 e. The maximum atomic E-state index is 13.2.